The summed E-state index contributed by atoms with van der Waals surface area (Å²) in [4.78, 5) is 0. The third kappa shape index (κ3) is 3.48. The fourth-order valence-corrected chi connectivity index (χ4v) is 0.128. The molecule has 2 nitrogen and oxygen atoms in total. The SMILES string of the molecule is C#CCCNO. The van der Waals surface area contributed by atoms with Crippen molar-refractivity contribution in [2.75, 3.05) is 6.54 Å². The number of hydroxylamine groups is 1. The Labute approximate surface area is 37.1 Å². The van der Waals surface area contributed by atoms with Crippen LogP contribution in [0.3, 0.4) is 0 Å². The van der Waals surface area contributed by atoms with Crippen molar-refractivity contribution in [1.29, 1.82) is 0 Å². The Morgan fingerprint density at radius 3 is 2.67 bits per heavy atom. The van der Waals surface area contributed by atoms with E-state index in [2.05, 4.69) is 5.92 Å². The first-order valence-electron chi connectivity index (χ1n) is 1.72. The standard InChI is InChI=1S/C4H7NO/c1-2-3-4-5-6/h1,5-6H,3-4H2. The van der Waals surface area contributed by atoms with Crippen LogP contribution < -0.4 is 5.48 Å². The lowest BCUT2D eigenvalue weighted by molar-refractivity contribution is 0.169. The molecule has 2 N–H and O–H groups in total. The van der Waals surface area contributed by atoms with Crippen LogP contribution in [0.1, 0.15) is 6.42 Å². The number of rotatable bonds is 2. The molecule has 0 aliphatic rings. The highest BCUT2D eigenvalue weighted by atomic mass is 16.5. The second kappa shape index (κ2) is 4.48. The second-order valence-electron chi connectivity index (χ2n) is 0.862. The molecule has 0 bridgehead atoms. The normalized spacial score (nSPS) is 7.33. The monoisotopic (exact) mass is 85.1 g/mol. The molecule has 0 rings (SSSR count). The van der Waals surface area contributed by atoms with E-state index < -0.39 is 0 Å². The molecule has 0 unspecified atom stereocenters. The average Bonchev–Trinajstić information content (AvgIpc) is 1.61. The van der Waals surface area contributed by atoms with Crippen molar-refractivity contribution in [1.82, 2.24) is 5.48 Å². The lowest BCUT2D eigenvalue weighted by atomic mass is 10.5. The van der Waals surface area contributed by atoms with Gasteiger partial charge < -0.3 is 5.21 Å². The summed E-state index contributed by atoms with van der Waals surface area (Å²) in [7, 11) is 0. The van der Waals surface area contributed by atoms with Crippen LogP contribution in [0.25, 0.3) is 0 Å². The van der Waals surface area contributed by atoms with Crippen molar-refractivity contribution >= 4 is 0 Å². The molecular weight excluding hydrogens is 78.0 g/mol. The molecule has 0 aliphatic heterocycles. The van der Waals surface area contributed by atoms with E-state index in [1.165, 1.54) is 0 Å². The Bertz CT molecular complexity index is 55.1. The minimum atomic E-state index is 0.483. The van der Waals surface area contributed by atoms with Crippen LogP contribution in [0.4, 0.5) is 0 Å². The molecule has 0 atom stereocenters. The molecule has 0 heterocycles. The van der Waals surface area contributed by atoms with Crippen LogP contribution in [0.15, 0.2) is 0 Å². The summed E-state index contributed by atoms with van der Waals surface area (Å²) in [5, 5.41) is 7.85. The Morgan fingerprint density at radius 1 is 1.83 bits per heavy atom. The Morgan fingerprint density at radius 2 is 2.50 bits per heavy atom. The summed E-state index contributed by atoms with van der Waals surface area (Å²) in [5.74, 6) is 2.35. The van der Waals surface area contributed by atoms with Crippen LogP contribution in [-0.4, -0.2) is 11.8 Å². The summed E-state index contributed by atoms with van der Waals surface area (Å²) in [6.45, 7) is 0.483. The predicted molar refractivity (Wildman–Crippen MR) is 23.2 cm³/mol. The van der Waals surface area contributed by atoms with Crippen LogP contribution in [0.2, 0.25) is 0 Å². The average molecular weight is 85.1 g/mol. The largest absolute Gasteiger partial charge is 0.317 e. The van der Waals surface area contributed by atoms with Gasteiger partial charge in [-0.2, -0.15) is 0 Å². The summed E-state index contributed by atoms with van der Waals surface area (Å²) in [5.41, 5.74) is 1.93. The second-order valence-corrected chi connectivity index (χ2v) is 0.862. The van der Waals surface area contributed by atoms with E-state index in [9.17, 15) is 0 Å². The molecule has 0 spiro atoms. The van der Waals surface area contributed by atoms with E-state index >= 15 is 0 Å². The molecule has 2 heteroatoms. The van der Waals surface area contributed by atoms with Gasteiger partial charge in [0.05, 0.1) is 0 Å². The van der Waals surface area contributed by atoms with Gasteiger partial charge in [-0.1, -0.05) is 0 Å². The highest BCUT2D eigenvalue weighted by Crippen LogP contribution is 1.63. The lowest BCUT2D eigenvalue weighted by Gasteiger charge is -1.83. The van der Waals surface area contributed by atoms with Crippen molar-refractivity contribution in [3.05, 3.63) is 0 Å². The third-order valence-corrected chi connectivity index (χ3v) is 0.381. The van der Waals surface area contributed by atoms with Gasteiger partial charge in [-0.15, -0.1) is 12.3 Å². The number of nitrogens with one attached hydrogen (secondary N) is 1. The highest BCUT2D eigenvalue weighted by Gasteiger charge is 1.70. The minimum absolute atomic E-state index is 0.483. The molecule has 0 saturated carbocycles. The number of terminal acetylenes is 1. The zero-order valence-electron chi connectivity index (χ0n) is 3.44. The fraction of sp³-hybridized carbons (Fsp3) is 0.500. The summed E-state index contributed by atoms with van der Waals surface area (Å²) in [6, 6.07) is 0. The van der Waals surface area contributed by atoms with E-state index in [1.54, 1.807) is 0 Å². The molecule has 0 aliphatic carbocycles. The maximum absolute atomic E-state index is 7.85. The molecule has 0 aromatic rings. The Balaban J connectivity index is 2.54. The Hall–Kier alpha value is -0.520. The van der Waals surface area contributed by atoms with Crippen molar-refractivity contribution in [2.24, 2.45) is 0 Å². The van der Waals surface area contributed by atoms with Crippen molar-refractivity contribution in [3.8, 4) is 12.3 Å². The predicted octanol–water partition coefficient (Wildman–Crippen LogP) is -0.0115. The van der Waals surface area contributed by atoms with Gasteiger partial charge in [-0.05, 0) is 0 Å². The van der Waals surface area contributed by atoms with Gasteiger partial charge in [0.2, 0.25) is 0 Å². The zero-order valence-corrected chi connectivity index (χ0v) is 3.44. The van der Waals surface area contributed by atoms with Gasteiger partial charge in [0.25, 0.3) is 0 Å². The molecular formula is C4H7NO. The van der Waals surface area contributed by atoms with E-state index in [0.29, 0.717) is 13.0 Å². The first-order chi connectivity index (χ1) is 2.91. The maximum Gasteiger partial charge on any atom is 0.0317 e. The molecule has 0 radical (unpaired) electrons. The van der Waals surface area contributed by atoms with E-state index in [4.69, 9.17) is 11.6 Å². The molecule has 0 amide bonds. The van der Waals surface area contributed by atoms with Crippen molar-refractivity contribution in [2.45, 2.75) is 6.42 Å². The van der Waals surface area contributed by atoms with Crippen LogP contribution in [0, 0.1) is 12.3 Å². The first kappa shape index (κ1) is 5.48. The van der Waals surface area contributed by atoms with Gasteiger partial charge in [0.15, 0.2) is 0 Å². The maximum atomic E-state index is 7.85. The van der Waals surface area contributed by atoms with E-state index in [-0.39, 0.29) is 0 Å². The fourth-order valence-electron chi connectivity index (χ4n) is 0.128. The van der Waals surface area contributed by atoms with E-state index in [0.717, 1.165) is 0 Å². The van der Waals surface area contributed by atoms with Gasteiger partial charge in [-0.25, -0.2) is 5.48 Å². The molecule has 0 aromatic heterocycles. The lowest BCUT2D eigenvalue weighted by Crippen LogP contribution is -2.06. The highest BCUT2D eigenvalue weighted by molar-refractivity contribution is 4.83. The number of hydrogen-bond donors (Lipinski definition) is 2. The molecule has 0 fully saturated rings. The summed E-state index contributed by atoms with van der Waals surface area (Å²) in [6.07, 6.45) is 5.39. The third-order valence-electron chi connectivity index (χ3n) is 0.381. The minimum Gasteiger partial charge on any atom is -0.317 e. The van der Waals surface area contributed by atoms with Gasteiger partial charge >= 0.3 is 0 Å². The quantitative estimate of drug-likeness (QED) is 0.281. The zero-order chi connectivity index (χ0) is 4.83. The van der Waals surface area contributed by atoms with E-state index in [1.807, 2.05) is 5.48 Å². The van der Waals surface area contributed by atoms with Crippen molar-refractivity contribution in [3.63, 3.8) is 0 Å². The van der Waals surface area contributed by atoms with Gasteiger partial charge in [0, 0.05) is 13.0 Å². The smallest absolute Gasteiger partial charge is 0.0317 e. The molecule has 0 saturated heterocycles. The number of hydrogen-bond acceptors (Lipinski definition) is 2. The topological polar surface area (TPSA) is 32.3 Å². The first-order valence-corrected chi connectivity index (χ1v) is 1.72. The Kier molecular flexibility index (Phi) is 4.09. The van der Waals surface area contributed by atoms with Crippen LogP contribution >= 0.6 is 0 Å². The van der Waals surface area contributed by atoms with Crippen molar-refractivity contribution < 1.29 is 5.21 Å². The molecule has 0 aromatic carbocycles. The summed E-state index contributed by atoms with van der Waals surface area (Å²) >= 11 is 0. The van der Waals surface area contributed by atoms with Crippen LogP contribution in [-0.2, 0) is 0 Å². The summed E-state index contributed by atoms with van der Waals surface area (Å²) < 4.78 is 0. The molecule has 34 valence electrons. The molecule has 6 heavy (non-hydrogen) atoms. The van der Waals surface area contributed by atoms with Gasteiger partial charge in [0.1, 0.15) is 0 Å². The van der Waals surface area contributed by atoms with Crippen LogP contribution in [0.5, 0.6) is 0 Å². The van der Waals surface area contributed by atoms with Gasteiger partial charge in [-0.3, -0.25) is 0 Å².